The minimum atomic E-state index is -3.03. The van der Waals surface area contributed by atoms with Gasteiger partial charge in [0.25, 0.3) is 12.3 Å². The van der Waals surface area contributed by atoms with E-state index in [4.69, 9.17) is 0 Å². The molecule has 1 fully saturated rings. The lowest BCUT2D eigenvalue weighted by Crippen LogP contribution is -2.35. The van der Waals surface area contributed by atoms with Crippen LogP contribution in [-0.2, 0) is 7.05 Å². The maximum absolute atomic E-state index is 14.3. The van der Waals surface area contributed by atoms with Gasteiger partial charge < -0.3 is 4.90 Å². The van der Waals surface area contributed by atoms with Crippen LogP contribution in [0, 0.1) is 5.95 Å². The number of alkyl halides is 2. The summed E-state index contributed by atoms with van der Waals surface area (Å²) in [6, 6.07) is 7.30. The van der Waals surface area contributed by atoms with Crippen LogP contribution in [0.3, 0.4) is 0 Å². The Morgan fingerprint density at radius 3 is 2.73 bits per heavy atom. The molecule has 26 heavy (non-hydrogen) atoms. The van der Waals surface area contributed by atoms with E-state index in [1.165, 1.54) is 11.9 Å². The second-order valence-corrected chi connectivity index (χ2v) is 7.17. The quantitative estimate of drug-likeness (QED) is 0.676. The maximum Gasteiger partial charge on any atom is 0.283 e. The Hall–Kier alpha value is -2.09. The fourth-order valence-corrected chi connectivity index (χ4v) is 3.17. The molecule has 1 aliphatic rings. The number of hydrogen-bond acceptors (Lipinski definition) is 2. The standard InChI is InChI=1S/C18H17BrF3N3O/c1-10(11-4-3-5-12(19)8-11)9-25(13-6-7-13)18(26)14-15(16(20)21)23-24(2)17(14)22/h3-5,8,13,16H,1,6-7,9H2,2H3. The Morgan fingerprint density at radius 1 is 1.46 bits per heavy atom. The maximum atomic E-state index is 14.3. The first kappa shape index (κ1) is 18.7. The molecule has 0 aliphatic heterocycles. The molecule has 0 atom stereocenters. The SMILES string of the molecule is C=C(CN(C(=O)c1c(C(F)F)nn(C)c1F)C1CC1)c1cccc(Br)c1. The summed E-state index contributed by atoms with van der Waals surface area (Å²) in [5.74, 6) is -1.83. The lowest BCUT2D eigenvalue weighted by Gasteiger charge is -2.24. The molecular formula is C18H17BrF3N3O. The summed E-state index contributed by atoms with van der Waals surface area (Å²) in [7, 11) is 1.19. The van der Waals surface area contributed by atoms with Gasteiger partial charge in [-0.3, -0.25) is 4.79 Å². The Morgan fingerprint density at radius 2 is 2.15 bits per heavy atom. The molecule has 1 saturated carbocycles. The zero-order valence-corrected chi connectivity index (χ0v) is 15.6. The van der Waals surface area contributed by atoms with E-state index in [9.17, 15) is 18.0 Å². The van der Waals surface area contributed by atoms with Gasteiger partial charge in [0.05, 0.1) is 0 Å². The molecule has 1 heterocycles. The lowest BCUT2D eigenvalue weighted by molar-refractivity contribution is 0.0747. The van der Waals surface area contributed by atoms with Crippen molar-refractivity contribution in [2.75, 3.05) is 6.54 Å². The highest BCUT2D eigenvalue weighted by atomic mass is 79.9. The molecule has 0 bridgehead atoms. The van der Waals surface area contributed by atoms with E-state index >= 15 is 0 Å². The number of hydrogen-bond donors (Lipinski definition) is 0. The highest BCUT2D eigenvalue weighted by molar-refractivity contribution is 9.10. The smallest absolute Gasteiger partial charge is 0.283 e. The number of benzene rings is 1. The zero-order chi connectivity index (χ0) is 19.0. The van der Waals surface area contributed by atoms with E-state index in [2.05, 4.69) is 27.6 Å². The third-order valence-corrected chi connectivity index (χ3v) is 4.76. The van der Waals surface area contributed by atoms with Gasteiger partial charge in [-0.05, 0) is 36.1 Å². The molecule has 0 spiro atoms. The number of halogens is 4. The Kier molecular flexibility index (Phi) is 5.22. The molecule has 1 aliphatic carbocycles. The first-order valence-corrected chi connectivity index (χ1v) is 8.84. The van der Waals surface area contributed by atoms with Gasteiger partial charge in [0.1, 0.15) is 11.3 Å². The van der Waals surface area contributed by atoms with Crippen LogP contribution in [0.5, 0.6) is 0 Å². The molecule has 1 amide bonds. The van der Waals surface area contributed by atoms with Gasteiger partial charge in [-0.25, -0.2) is 13.5 Å². The molecule has 3 rings (SSSR count). The third kappa shape index (κ3) is 3.70. The van der Waals surface area contributed by atoms with Crippen LogP contribution in [0.1, 0.15) is 40.9 Å². The first-order chi connectivity index (χ1) is 12.3. The van der Waals surface area contributed by atoms with Crippen molar-refractivity contribution in [3.63, 3.8) is 0 Å². The summed E-state index contributed by atoms with van der Waals surface area (Å²) in [6.07, 6.45) is -1.52. The van der Waals surface area contributed by atoms with Crippen molar-refractivity contribution < 1.29 is 18.0 Å². The van der Waals surface area contributed by atoms with Crippen LogP contribution in [0.4, 0.5) is 13.2 Å². The van der Waals surface area contributed by atoms with Crippen molar-refractivity contribution in [2.24, 2.45) is 7.05 Å². The molecule has 0 radical (unpaired) electrons. The molecule has 8 heteroatoms. The summed E-state index contributed by atoms with van der Waals surface area (Å²) < 4.78 is 42.2. The number of nitrogens with zero attached hydrogens (tertiary/aromatic N) is 3. The summed E-state index contributed by atoms with van der Waals surface area (Å²) >= 11 is 3.38. The average Bonchev–Trinajstić information content (AvgIpc) is 3.38. The molecule has 0 unspecified atom stereocenters. The van der Waals surface area contributed by atoms with Crippen molar-refractivity contribution in [2.45, 2.75) is 25.3 Å². The van der Waals surface area contributed by atoms with Crippen molar-refractivity contribution in [3.05, 3.63) is 58.1 Å². The van der Waals surface area contributed by atoms with Gasteiger partial charge in [-0.15, -0.1) is 0 Å². The van der Waals surface area contributed by atoms with Crippen LogP contribution in [-0.4, -0.2) is 33.2 Å². The van der Waals surface area contributed by atoms with Crippen LogP contribution in [0.25, 0.3) is 5.57 Å². The number of amides is 1. The van der Waals surface area contributed by atoms with Gasteiger partial charge in [0.2, 0.25) is 5.95 Å². The number of carbonyl (C=O) groups excluding carboxylic acids is 1. The Bertz CT molecular complexity index is 861. The van der Waals surface area contributed by atoms with Crippen LogP contribution < -0.4 is 0 Å². The number of aromatic nitrogens is 2. The van der Waals surface area contributed by atoms with Crippen molar-refractivity contribution in [1.29, 1.82) is 0 Å². The summed E-state index contributed by atoms with van der Waals surface area (Å²) in [6.45, 7) is 4.14. The molecule has 4 nitrogen and oxygen atoms in total. The molecular weight excluding hydrogens is 411 g/mol. The largest absolute Gasteiger partial charge is 0.331 e. The summed E-state index contributed by atoms with van der Waals surface area (Å²) in [5.41, 5.74) is -0.0156. The molecule has 1 aromatic heterocycles. The number of rotatable bonds is 6. The van der Waals surface area contributed by atoms with Gasteiger partial charge in [0, 0.05) is 24.1 Å². The van der Waals surface area contributed by atoms with Gasteiger partial charge in [-0.2, -0.15) is 9.49 Å². The van der Waals surface area contributed by atoms with Crippen LogP contribution >= 0.6 is 15.9 Å². The predicted molar refractivity (Wildman–Crippen MR) is 95.4 cm³/mol. The summed E-state index contributed by atoms with van der Waals surface area (Å²) in [4.78, 5) is 14.3. The molecule has 2 aromatic rings. The minimum Gasteiger partial charge on any atom is -0.331 e. The second-order valence-electron chi connectivity index (χ2n) is 6.25. The predicted octanol–water partition coefficient (Wildman–Crippen LogP) is 4.58. The van der Waals surface area contributed by atoms with E-state index in [0.717, 1.165) is 22.9 Å². The Labute approximate surface area is 157 Å². The monoisotopic (exact) mass is 427 g/mol. The lowest BCUT2D eigenvalue weighted by atomic mass is 10.1. The van der Waals surface area contributed by atoms with Crippen LogP contribution in [0.15, 0.2) is 35.3 Å². The van der Waals surface area contributed by atoms with Crippen LogP contribution in [0.2, 0.25) is 0 Å². The van der Waals surface area contributed by atoms with E-state index in [1.807, 2.05) is 24.3 Å². The number of carbonyl (C=O) groups is 1. The number of aryl methyl sites for hydroxylation is 1. The zero-order valence-electron chi connectivity index (χ0n) is 14.1. The van der Waals surface area contributed by atoms with Crippen molar-refractivity contribution in [1.82, 2.24) is 14.7 Å². The second kappa shape index (κ2) is 7.26. The molecule has 0 N–H and O–H groups in total. The highest BCUT2D eigenvalue weighted by Crippen LogP contribution is 2.33. The fraction of sp³-hybridized carbons (Fsp3) is 0.333. The van der Waals surface area contributed by atoms with Gasteiger partial charge in [0.15, 0.2) is 0 Å². The first-order valence-electron chi connectivity index (χ1n) is 8.04. The molecule has 1 aromatic carbocycles. The highest BCUT2D eigenvalue weighted by Gasteiger charge is 2.38. The average molecular weight is 428 g/mol. The van der Waals surface area contributed by atoms with Gasteiger partial charge in [-0.1, -0.05) is 34.6 Å². The van der Waals surface area contributed by atoms with E-state index in [-0.39, 0.29) is 12.6 Å². The summed E-state index contributed by atoms with van der Waals surface area (Å²) in [5, 5.41) is 3.46. The Balaban J connectivity index is 1.89. The normalized spacial score (nSPS) is 13.9. The molecule has 138 valence electrons. The van der Waals surface area contributed by atoms with E-state index < -0.39 is 29.5 Å². The molecule has 0 saturated heterocycles. The topological polar surface area (TPSA) is 38.1 Å². The minimum absolute atomic E-state index is 0.100. The van der Waals surface area contributed by atoms with Crippen molar-refractivity contribution >= 4 is 27.4 Å². The van der Waals surface area contributed by atoms with E-state index in [1.54, 1.807) is 0 Å². The van der Waals surface area contributed by atoms with E-state index in [0.29, 0.717) is 10.3 Å². The fourth-order valence-electron chi connectivity index (χ4n) is 2.78. The third-order valence-electron chi connectivity index (χ3n) is 4.27. The van der Waals surface area contributed by atoms with Crippen molar-refractivity contribution in [3.8, 4) is 0 Å². The van der Waals surface area contributed by atoms with Gasteiger partial charge >= 0.3 is 0 Å².